The fourth-order valence-electron chi connectivity index (χ4n) is 0.923. The second kappa shape index (κ2) is 4.41. The van der Waals surface area contributed by atoms with E-state index in [1.807, 2.05) is 30.5 Å². The normalized spacial score (nSPS) is 8.83. The smallest absolute Gasteiger partial charge is 0.116 e. The summed E-state index contributed by atoms with van der Waals surface area (Å²) in [5.74, 6) is 0. The van der Waals surface area contributed by atoms with Crippen LogP contribution in [0.4, 0.5) is 0 Å². The van der Waals surface area contributed by atoms with Crippen molar-refractivity contribution >= 4 is 10.9 Å². The molecule has 62 valence electrons. The van der Waals surface area contributed by atoms with Gasteiger partial charge in [-0.3, -0.25) is 0 Å². The van der Waals surface area contributed by atoms with Crippen LogP contribution in [-0.2, 0) is 0 Å². The van der Waals surface area contributed by atoms with Gasteiger partial charge in [-0.2, -0.15) is 0 Å². The van der Waals surface area contributed by atoms with E-state index in [1.165, 1.54) is 7.05 Å². The molecule has 0 saturated heterocycles. The minimum Gasteiger partial charge on any atom is -0.333 e. The number of rotatable bonds is 0. The van der Waals surface area contributed by atoms with Crippen LogP contribution in [0.3, 0.4) is 0 Å². The van der Waals surface area contributed by atoms with Gasteiger partial charge in [0.15, 0.2) is 0 Å². The number of nitrogens with two attached hydrogens (primary N) is 1. The van der Waals surface area contributed by atoms with Gasteiger partial charge < -0.3 is 5.73 Å². The van der Waals surface area contributed by atoms with Gasteiger partial charge in [0.1, 0.15) is 6.33 Å². The average Bonchev–Trinajstić information content (AvgIpc) is 2.21. The molecule has 12 heavy (non-hydrogen) atoms. The van der Waals surface area contributed by atoms with Crippen LogP contribution in [0.15, 0.2) is 36.8 Å². The first-order valence-electron chi connectivity index (χ1n) is 3.69. The highest BCUT2D eigenvalue weighted by Gasteiger charge is 1.87. The maximum atomic E-state index is 4.50. The molecule has 0 aliphatic carbocycles. The molecule has 0 radical (unpaired) electrons. The van der Waals surface area contributed by atoms with Crippen LogP contribution in [0, 0.1) is 0 Å². The Morgan fingerprint density at radius 3 is 2.67 bits per heavy atom. The predicted molar refractivity (Wildman–Crippen MR) is 49.6 cm³/mol. The van der Waals surface area contributed by atoms with Gasteiger partial charge in [-0.25, -0.2) is 9.97 Å². The van der Waals surface area contributed by atoms with E-state index in [0.717, 1.165) is 10.9 Å². The van der Waals surface area contributed by atoms with Crippen LogP contribution in [0.25, 0.3) is 10.9 Å². The molecule has 3 heteroatoms. The number of nitrogens with zero attached hydrogens (tertiary/aromatic N) is 2. The van der Waals surface area contributed by atoms with Crippen molar-refractivity contribution in [3.63, 3.8) is 0 Å². The quantitative estimate of drug-likeness (QED) is 0.631. The molecule has 0 unspecified atom stereocenters. The van der Waals surface area contributed by atoms with Gasteiger partial charge in [-0.15, -0.1) is 0 Å². The Kier molecular flexibility index (Phi) is 3.17. The lowest BCUT2D eigenvalue weighted by molar-refractivity contribution is 1.22. The first-order valence-corrected chi connectivity index (χ1v) is 3.69. The van der Waals surface area contributed by atoms with Crippen LogP contribution in [0.2, 0.25) is 0 Å². The zero-order chi connectivity index (χ0) is 8.81. The Morgan fingerprint density at radius 1 is 1.17 bits per heavy atom. The van der Waals surface area contributed by atoms with Crippen molar-refractivity contribution in [1.82, 2.24) is 9.97 Å². The number of hydrogen-bond acceptors (Lipinski definition) is 3. The summed E-state index contributed by atoms with van der Waals surface area (Å²) in [6.45, 7) is 0. The van der Waals surface area contributed by atoms with Crippen molar-refractivity contribution < 1.29 is 0 Å². The van der Waals surface area contributed by atoms with Crippen LogP contribution >= 0.6 is 0 Å². The lowest BCUT2D eigenvalue weighted by Crippen LogP contribution is -1.77. The molecule has 0 bridgehead atoms. The lowest BCUT2D eigenvalue weighted by Gasteiger charge is -1.90. The van der Waals surface area contributed by atoms with E-state index < -0.39 is 0 Å². The van der Waals surface area contributed by atoms with E-state index in [0.29, 0.717) is 0 Å². The highest BCUT2D eigenvalue weighted by atomic mass is 14.8. The first-order chi connectivity index (χ1) is 5.97. The fraction of sp³-hybridized carbons (Fsp3) is 0.111. The Balaban J connectivity index is 0.000000336. The van der Waals surface area contributed by atoms with Crippen molar-refractivity contribution in [1.29, 1.82) is 0 Å². The number of benzene rings is 1. The van der Waals surface area contributed by atoms with Gasteiger partial charge in [0.25, 0.3) is 0 Å². The summed E-state index contributed by atoms with van der Waals surface area (Å²) < 4.78 is 0. The zero-order valence-electron chi connectivity index (χ0n) is 6.94. The van der Waals surface area contributed by atoms with Crippen molar-refractivity contribution in [2.75, 3.05) is 7.05 Å². The molecule has 0 aliphatic heterocycles. The topological polar surface area (TPSA) is 51.8 Å². The van der Waals surface area contributed by atoms with Gasteiger partial charge in [-0.1, -0.05) is 18.2 Å². The average molecular weight is 161 g/mol. The summed E-state index contributed by atoms with van der Waals surface area (Å²) in [4.78, 5) is 7.97. The molecule has 1 aromatic heterocycles. The zero-order valence-corrected chi connectivity index (χ0v) is 6.94. The third-order valence-electron chi connectivity index (χ3n) is 1.41. The monoisotopic (exact) mass is 161 g/mol. The minimum absolute atomic E-state index is 0.998. The van der Waals surface area contributed by atoms with Crippen molar-refractivity contribution in [3.05, 3.63) is 36.8 Å². The number of aromatic nitrogens is 2. The molecule has 2 aromatic rings. The third kappa shape index (κ3) is 1.77. The van der Waals surface area contributed by atoms with Crippen LogP contribution in [-0.4, -0.2) is 17.0 Å². The van der Waals surface area contributed by atoms with Crippen molar-refractivity contribution in [3.8, 4) is 0 Å². The Hall–Kier alpha value is -1.48. The van der Waals surface area contributed by atoms with Crippen molar-refractivity contribution in [2.45, 2.75) is 0 Å². The molecule has 0 saturated carbocycles. The molecular weight excluding hydrogens is 150 g/mol. The SMILES string of the molecule is CN.c1ccc2ncncc2c1. The minimum atomic E-state index is 0.998. The van der Waals surface area contributed by atoms with Crippen LogP contribution in [0.1, 0.15) is 0 Å². The highest BCUT2D eigenvalue weighted by Crippen LogP contribution is 2.06. The summed E-state index contributed by atoms with van der Waals surface area (Å²) in [5, 5.41) is 1.09. The summed E-state index contributed by atoms with van der Waals surface area (Å²) >= 11 is 0. The summed E-state index contributed by atoms with van der Waals surface area (Å²) in [6, 6.07) is 7.91. The van der Waals surface area contributed by atoms with E-state index in [9.17, 15) is 0 Å². The summed E-state index contributed by atoms with van der Waals surface area (Å²) in [5.41, 5.74) is 5.50. The lowest BCUT2D eigenvalue weighted by atomic mass is 10.2. The van der Waals surface area contributed by atoms with Gasteiger partial charge in [-0.05, 0) is 13.1 Å². The molecule has 2 N–H and O–H groups in total. The van der Waals surface area contributed by atoms with E-state index in [4.69, 9.17) is 0 Å². The fourth-order valence-corrected chi connectivity index (χ4v) is 0.923. The molecule has 0 aliphatic rings. The number of fused-ring (bicyclic) bond motifs is 1. The second-order valence-electron chi connectivity index (χ2n) is 2.08. The maximum absolute atomic E-state index is 4.50. The number of para-hydroxylation sites is 1. The summed E-state index contributed by atoms with van der Waals surface area (Å²) in [7, 11) is 1.50. The molecular formula is C9H11N3. The van der Waals surface area contributed by atoms with E-state index in [1.54, 1.807) is 6.33 Å². The molecule has 0 spiro atoms. The van der Waals surface area contributed by atoms with Crippen LogP contribution < -0.4 is 5.73 Å². The third-order valence-corrected chi connectivity index (χ3v) is 1.41. The predicted octanol–water partition coefficient (Wildman–Crippen LogP) is 1.20. The molecule has 0 fully saturated rings. The summed E-state index contributed by atoms with van der Waals surface area (Å²) in [6.07, 6.45) is 3.37. The van der Waals surface area contributed by atoms with Gasteiger partial charge in [0, 0.05) is 11.6 Å². The molecule has 1 heterocycles. The molecule has 2 rings (SSSR count). The van der Waals surface area contributed by atoms with E-state index in [-0.39, 0.29) is 0 Å². The maximum Gasteiger partial charge on any atom is 0.116 e. The molecule has 3 nitrogen and oxygen atoms in total. The second-order valence-corrected chi connectivity index (χ2v) is 2.08. The van der Waals surface area contributed by atoms with Crippen molar-refractivity contribution in [2.24, 2.45) is 5.73 Å². The molecule has 0 amide bonds. The van der Waals surface area contributed by atoms with Crippen LogP contribution in [0.5, 0.6) is 0 Å². The Labute approximate surface area is 71.3 Å². The highest BCUT2D eigenvalue weighted by molar-refractivity contribution is 5.76. The van der Waals surface area contributed by atoms with Gasteiger partial charge >= 0.3 is 0 Å². The van der Waals surface area contributed by atoms with Gasteiger partial charge in [0.05, 0.1) is 5.52 Å². The number of hydrogen-bond donors (Lipinski definition) is 1. The largest absolute Gasteiger partial charge is 0.333 e. The Morgan fingerprint density at radius 2 is 1.92 bits per heavy atom. The molecule has 1 aromatic carbocycles. The van der Waals surface area contributed by atoms with Gasteiger partial charge in [0.2, 0.25) is 0 Å². The first kappa shape index (κ1) is 8.62. The van der Waals surface area contributed by atoms with E-state index in [2.05, 4.69) is 15.7 Å². The Bertz CT molecular complexity index is 281. The standard InChI is InChI=1S/C8H6N2.CH5N/c1-2-4-8-7(3-1)5-9-6-10-8;1-2/h1-6H;2H2,1H3. The molecule has 0 atom stereocenters. The van der Waals surface area contributed by atoms with E-state index >= 15 is 0 Å².